The largest absolute Gasteiger partial charge is 0.507 e. The van der Waals surface area contributed by atoms with E-state index in [1.807, 2.05) is 0 Å². The molecule has 0 radical (unpaired) electrons. The first kappa shape index (κ1) is 13.8. The van der Waals surface area contributed by atoms with E-state index in [0.29, 0.717) is 29.2 Å². The second-order valence-electron chi connectivity index (χ2n) is 4.94. The van der Waals surface area contributed by atoms with Gasteiger partial charge in [-0.2, -0.15) is 0 Å². The van der Waals surface area contributed by atoms with Gasteiger partial charge in [0.05, 0.1) is 10.6 Å². The number of thiocarbonyl (C=S) groups is 1. The van der Waals surface area contributed by atoms with Crippen molar-refractivity contribution < 1.29 is 9.90 Å². The Morgan fingerprint density at radius 2 is 2.05 bits per heavy atom. The highest BCUT2D eigenvalue weighted by Crippen LogP contribution is 2.25. The number of carbonyl (C=O) groups is 1. The second kappa shape index (κ2) is 5.57. The fourth-order valence-electron chi connectivity index (χ4n) is 2.37. The highest BCUT2D eigenvalue weighted by molar-refractivity contribution is 7.80. The third-order valence-electron chi connectivity index (χ3n) is 3.65. The number of phenolic OH excluding ortho intramolecular Hbond substituents is 1. The molecule has 0 bridgehead atoms. The van der Waals surface area contributed by atoms with E-state index in [9.17, 15) is 9.90 Å². The van der Waals surface area contributed by atoms with E-state index >= 15 is 0 Å². The number of aromatic hydroxyl groups is 1. The molecule has 1 heterocycles. The monoisotopic (exact) mass is 278 g/mol. The van der Waals surface area contributed by atoms with Crippen molar-refractivity contribution >= 4 is 23.1 Å². The van der Waals surface area contributed by atoms with Crippen molar-refractivity contribution in [1.82, 2.24) is 4.90 Å². The van der Waals surface area contributed by atoms with E-state index in [4.69, 9.17) is 18.0 Å². The van der Waals surface area contributed by atoms with Crippen LogP contribution in [-0.2, 0) is 0 Å². The average molecular weight is 278 g/mol. The van der Waals surface area contributed by atoms with Crippen molar-refractivity contribution in [3.63, 3.8) is 0 Å². The minimum absolute atomic E-state index is 0.0731. The van der Waals surface area contributed by atoms with Crippen LogP contribution in [-0.4, -0.2) is 34.0 Å². The summed E-state index contributed by atoms with van der Waals surface area (Å²) < 4.78 is 0. The maximum Gasteiger partial charge on any atom is 0.257 e. The Morgan fingerprint density at radius 3 is 2.63 bits per heavy atom. The molecule has 0 aliphatic carbocycles. The van der Waals surface area contributed by atoms with Crippen LogP contribution >= 0.6 is 12.2 Å². The quantitative estimate of drug-likeness (QED) is 0.810. The van der Waals surface area contributed by atoms with Crippen LogP contribution in [0.15, 0.2) is 18.2 Å². The number of rotatable bonds is 2. The zero-order valence-corrected chi connectivity index (χ0v) is 11.7. The molecule has 0 spiro atoms. The normalized spacial score (nSPS) is 16.4. The molecule has 0 atom stereocenters. The van der Waals surface area contributed by atoms with Gasteiger partial charge < -0.3 is 15.7 Å². The van der Waals surface area contributed by atoms with Gasteiger partial charge in [-0.25, -0.2) is 0 Å². The lowest BCUT2D eigenvalue weighted by molar-refractivity contribution is 0.0707. The molecule has 1 aliphatic rings. The maximum absolute atomic E-state index is 12.4. The summed E-state index contributed by atoms with van der Waals surface area (Å²) in [5.41, 5.74) is 6.71. The van der Waals surface area contributed by atoms with Crippen molar-refractivity contribution in [3.05, 3.63) is 29.3 Å². The number of likely N-dealkylation sites (tertiary alicyclic amines) is 1. The molecule has 1 aromatic carbocycles. The number of nitrogens with zero attached hydrogens (tertiary/aromatic N) is 1. The summed E-state index contributed by atoms with van der Waals surface area (Å²) in [6, 6.07) is 5.22. The van der Waals surface area contributed by atoms with Gasteiger partial charge in [0.25, 0.3) is 5.91 Å². The summed E-state index contributed by atoms with van der Waals surface area (Å²) in [4.78, 5) is 14.6. The number of hydrogen-bond acceptors (Lipinski definition) is 3. The SMILES string of the molecule is Cc1cccc(C(=O)N2CCC(C(N)=S)CC2)c1O. The number of amides is 1. The van der Waals surface area contributed by atoms with Gasteiger partial charge in [0, 0.05) is 19.0 Å². The fourth-order valence-corrected chi connectivity index (χ4v) is 2.60. The van der Waals surface area contributed by atoms with Gasteiger partial charge in [-0.05, 0) is 31.4 Å². The lowest BCUT2D eigenvalue weighted by Crippen LogP contribution is -2.41. The van der Waals surface area contributed by atoms with Crippen molar-refractivity contribution in [2.45, 2.75) is 19.8 Å². The molecular formula is C14H18N2O2S. The molecule has 19 heavy (non-hydrogen) atoms. The molecule has 1 amide bonds. The molecule has 1 aromatic rings. The first-order valence-electron chi connectivity index (χ1n) is 6.38. The van der Waals surface area contributed by atoms with Crippen LogP contribution in [0, 0.1) is 12.8 Å². The molecule has 1 saturated heterocycles. The number of nitrogens with two attached hydrogens (primary N) is 1. The molecule has 102 valence electrons. The Bertz CT molecular complexity index is 508. The van der Waals surface area contributed by atoms with Crippen LogP contribution in [0.3, 0.4) is 0 Å². The third kappa shape index (κ3) is 2.87. The lowest BCUT2D eigenvalue weighted by atomic mass is 9.96. The highest BCUT2D eigenvalue weighted by Gasteiger charge is 2.26. The van der Waals surface area contributed by atoms with Gasteiger partial charge in [-0.1, -0.05) is 24.4 Å². The van der Waals surface area contributed by atoms with Gasteiger partial charge in [-0.15, -0.1) is 0 Å². The highest BCUT2D eigenvalue weighted by atomic mass is 32.1. The van der Waals surface area contributed by atoms with Gasteiger partial charge in [-0.3, -0.25) is 4.79 Å². The molecule has 5 heteroatoms. The van der Waals surface area contributed by atoms with Crippen LogP contribution in [0.4, 0.5) is 0 Å². The average Bonchev–Trinajstić information content (AvgIpc) is 2.41. The van der Waals surface area contributed by atoms with Gasteiger partial charge >= 0.3 is 0 Å². The predicted molar refractivity (Wildman–Crippen MR) is 78.3 cm³/mol. The van der Waals surface area contributed by atoms with E-state index < -0.39 is 0 Å². The van der Waals surface area contributed by atoms with Gasteiger partial charge in [0.2, 0.25) is 0 Å². The van der Waals surface area contributed by atoms with E-state index in [2.05, 4.69) is 0 Å². The summed E-state index contributed by atoms with van der Waals surface area (Å²) >= 11 is 4.99. The van der Waals surface area contributed by atoms with E-state index in [-0.39, 0.29) is 17.6 Å². The summed E-state index contributed by atoms with van der Waals surface area (Å²) in [5.74, 6) is 0.178. The Hall–Kier alpha value is -1.62. The summed E-state index contributed by atoms with van der Waals surface area (Å²) in [7, 11) is 0. The number of piperidine rings is 1. The fraction of sp³-hybridized carbons (Fsp3) is 0.429. The van der Waals surface area contributed by atoms with E-state index in [0.717, 1.165) is 12.8 Å². The Labute approximate surface area is 118 Å². The number of carbonyl (C=O) groups excluding carboxylic acids is 1. The first-order chi connectivity index (χ1) is 9.00. The molecule has 0 saturated carbocycles. The zero-order valence-electron chi connectivity index (χ0n) is 10.9. The zero-order chi connectivity index (χ0) is 14.0. The van der Waals surface area contributed by atoms with Crippen molar-refractivity contribution in [2.75, 3.05) is 13.1 Å². The summed E-state index contributed by atoms with van der Waals surface area (Å²) in [6.45, 7) is 3.05. The second-order valence-corrected chi connectivity index (χ2v) is 5.41. The summed E-state index contributed by atoms with van der Waals surface area (Å²) in [6.07, 6.45) is 1.60. The molecule has 1 aliphatic heterocycles. The van der Waals surface area contributed by atoms with Crippen LogP contribution in [0.5, 0.6) is 5.75 Å². The Kier molecular flexibility index (Phi) is 4.04. The molecule has 1 fully saturated rings. The first-order valence-corrected chi connectivity index (χ1v) is 6.78. The molecule has 0 aromatic heterocycles. The summed E-state index contributed by atoms with van der Waals surface area (Å²) in [5, 5.41) is 9.95. The van der Waals surface area contributed by atoms with Gasteiger partial charge in [0.1, 0.15) is 5.75 Å². The molecule has 4 nitrogen and oxygen atoms in total. The van der Waals surface area contributed by atoms with Crippen molar-refractivity contribution in [1.29, 1.82) is 0 Å². The van der Waals surface area contributed by atoms with Crippen molar-refractivity contribution in [2.24, 2.45) is 11.7 Å². The maximum atomic E-state index is 12.4. The molecule has 0 unspecified atom stereocenters. The van der Waals surface area contributed by atoms with Crippen LogP contribution < -0.4 is 5.73 Å². The number of hydrogen-bond donors (Lipinski definition) is 2. The van der Waals surface area contributed by atoms with Crippen LogP contribution in [0.2, 0.25) is 0 Å². The molecule has 3 N–H and O–H groups in total. The standard InChI is InChI=1S/C14H18N2O2S/c1-9-3-2-4-11(12(9)17)14(18)16-7-5-10(6-8-16)13(15)19/h2-4,10,17H,5-8H2,1H3,(H2,15,19). The molecule has 2 rings (SSSR count). The Morgan fingerprint density at radius 1 is 1.42 bits per heavy atom. The Balaban J connectivity index is 2.09. The minimum Gasteiger partial charge on any atom is -0.507 e. The van der Waals surface area contributed by atoms with E-state index in [1.165, 1.54) is 0 Å². The van der Waals surface area contributed by atoms with Gasteiger partial charge in [0.15, 0.2) is 0 Å². The van der Waals surface area contributed by atoms with Crippen molar-refractivity contribution in [3.8, 4) is 5.75 Å². The lowest BCUT2D eigenvalue weighted by Gasteiger charge is -2.31. The third-order valence-corrected chi connectivity index (χ3v) is 3.99. The molecular weight excluding hydrogens is 260 g/mol. The number of benzene rings is 1. The number of para-hydroxylation sites is 1. The van der Waals surface area contributed by atoms with Crippen LogP contribution in [0.25, 0.3) is 0 Å². The number of aryl methyl sites for hydroxylation is 1. The van der Waals surface area contributed by atoms with E-state index in [1.54, 1.807) is 30.0 Å². The van der Waals surface area contributed by atoms with Crippen LogP contribution in [0.1, 0.15) is 28.8 Å². The topological polar surface area (TPSA) is 66.6 Å². The predicted octanol–water partition coefficient (Wildman–Crippen LogP) is 1.84. The minimum atomic E-state index is -0.123. The number of phenols is 1. The smallest absolute Gasteiger partial charge is 0.257 e.